The second kappa shape index (κ2) is 13.0. The standard InChI is InChI=1S/C21H24Br3N3O4/c1-30-20-16(23)10-14(11-17(20)24)12-18(27-29)21(28)26-7-5-13-3-4-19(15(22)9-13)31-8-2-6-25/h3-4,9-11,29H,2,5-8,12,25H2,1H3,(H,26,28)/b27-18-. The van der Waals surface area contributed by atoms with E-state index in [4.69, 9.17) is 15.2 Å². The van der Waals surface area contributed by atoms with Crippen LogP contribution in [0.2, 0.25) is 0 Å². The van der Waals surface area contributed by atoms with Gasteiger partial charge in [0, 0.05) is 13.0 Å². The van der Waals surface area contributed by atoms with Crippen molar-refractivity contribution in [3.05, 3.63) is 54.9 Å². The highest BCUT2D eigenvalue weighted by Crippen LogP contribution is 2.34. The van der Waals surface area contributed by atoms with E-state index in [1.165, 1.54) is 0 Å². The zero-order valence-electron chi connectivity index (χ0n) is 17.0. The number of halogens is 3. The van der Waals surface area contributed by atoms with Gasteiger partial charge in [-0.1, -0.05) is 11.2 Å². The molecule has 7 nitrogen and oxygen atoms in total. The molecule has 0 aliphatic heterocycles. The average Bonchev–Trinajstić information content (AvgIpc) is 2.73. The van der Waals surface area contributed by atoms with Gasteiger partial charge in [-0.25, -0.2) is 0 Å². The van der Waals surface area contributed by atoms with Gasteiger partial charge in [0.05, 0.1) is 27.1 Å². The third-order valence-electron chi connectivity index (χ3n) is 4.32. The fourth-order valence-electron chi connectivity index (χ4n) is 2.77. The Morgan fingerprint density at radius 3 is 2.39 bits per heavy atom. The van der Waals surface area contributed by atoms with Gasteiger partial charge in [0.25, 0.3) is 5.91 Å². The number of nitrogens with one attached hydrogen (secondary N) is 1. The lowest BCUT2D eigenvalue weighted by Crippen LogP contribution is -2.33. The Hall–Kier alpha value is -1.62. The van der Waals surface area contributed by atoms with Gasteiger partial charge in [-0.3, -0.25) is 4.79 Å². The first-order valence-electron chi connectivity index (χ1n) is 9.52. The largest absolute Gasteiger partial charge is 0.494 e. The summed E-state index contributed by atoms with van der Waals surface area (Å²) in [5.74, 6) is 0.983. The molecule has 168 valence electrons. The Labute approximate surface area is 206 Å². The van der Waals surface area contributed by atoms with Crippen LogP contribution in [0.15, 0.2) is 48.9 Å². The number of nitrogens with two attached hydrogens (primary N) is 1. The van der Waals surface area contributed by atoms with Crippen LogP contribution >= 0.6 is 47.8 Å². The normalized spacial score (nSPS) is 11.3. The lowest BCUT2D eigenvalue weighted by molar-refractivity contribution is -0.115. The van der Waals surface area contributed by atoms with E-state index in [2.05, 4.69) is 58.3 Å². The van der Waals surface area contributed by atoms with E-state index in [1.54, 1.807) is 7.11 Å². The first kappa shape index (κ1) is 25.6. The minimum absolute atomic E-state index is 0.0220. The Morgan fingerprint density at radius 1 is 1.13 bits per heavy atom. The lowest BCUT2D eigenvalue weighted by atomic mass is 10.1. The molecular formula is C21H24Br3N3O4. The van der Waals surface area contributed by atoms with Crippen LogP contribution in [-0.4, -0.2) is 43.6 Å². The molecule has 0 aliphatic rings. The number of ether oxygens (including phenoxy) is 2. The van der Waals surface area contributed by atoms with Crippen molar-refractivity contribution >= 4 is 59.4 Å². The predicted octanol–water partition coefficient (Wildman–Crippen LogP) is 4.44. The highest BCUT2D eigenvalue weighted by Gasteiger charge is 2.15. The number of benzene rings is 2. The number of oxime groups is 1. The van der Waals surface area contributed by atoms with Crippen molar-refractivity contribution in [1.82, 2.24) is 5.32 Å². The summed E-state index contributed by atoms with van der Waals surface area (Å²) in [6, 6.07) is 9.42. The fraction of sp³-hybridized carbons (Fsp3) is 0.333. The number of amides is 1. The van der Waals surface area contributed by atoms with Crippen LogP contribution in [0.3, 0.4) is 0 Å². The zero-order chi connectivity index (χ0) is 22.8. The molecule has 0 spiro atoms. The molecule has 2 rings (SSSR count). The molecular weight excluding hydrogens is 598 g/mol. The Bertz CT molecular complexity index is 915. The molecule has 0 saturated heterocycles. The van der Waals surface area contributed by atoms with Crippen molar-refractivity contribution in [3.63, 3.8) is 0 Å². The highest BCUT2D eigenvalue weighted by molar-refractivity contribution is 9.11. The molecule has 4 N–H and O–H groups in total. The average molecular weight is 622 g/mol. The molecule has 10 heteroatoms. The molecule has 31 heavy (non-hydrogen) atoms. The number of carbonyl (C=O) groups excluding carboxylic acids is 1. The maximum Gasteiger partial charge on any atom is 0.269 e. The van der Waals surface area contributed by atoms with E-state index in [1.807, 2.05) is 30.3 Å². The summed E-state index contributed by atoms with van der Waals surface area (Å²) >= 11 is 10.4. The van der Waals surface area contributed by atoms with E-state index in [-0.39, 0.29) is 12.1 Å². The van der Waals surface area contributed by atoms with Gasteiger partial charge < -0.3 is 25.7 Å². The monoisotopic (exact) mass is 619 g/mol. The lowest BCUT2D eigenvalue weighted by Gasteiger charge is -2.11. The van der Waals surface area contributed by atoms with Gasteiger partial charge in [-0.15, -0.1) is 0 Å². The molecule has 0 heterocycles. The van der Waals surface area contributed by atoms with Crippen molar-refractivity contribution in [3.8, 4) is 11.5 Å². The van der Waals surface area contributed by atoms with Crippen LogP contribution in [0.1, 0.15) is 17.5 Å². The number of nitrogens with zero attached hydrogens (tertiary/aromatic N) is 1. The summed E-state index contributed by atoms with van der Waals surface area (Å²) in [4.78, 5) is 12.4. The van der Waals surface area contributed by atoms with Crippen molar-refractivity contribution < 1.29 is 19.5 Å². The summed E-state index contributed by atoms with van der Waals surface area (Å²) in [5, 5.41) is 15.3. The molecule has 2 aromatic carbocycles. The van der Waals surface area contributed by atoms with Crippen LogP contribution in [0.25, 0.3) is 0 Å². The van der Waals surface area contributed by atoms with Gasteiger partial charge in [-0.2, -0.15) is 0 Å². The number of hydrogen-bond acceptors (Lipinski definition) is 6. The third-order valence-corrected chi connectivity index (χ3v) is 6.12. The minimum atomic E-state index is -0.425. The summed E-state index contributed by atoms with van der Waals surface area (Å²) in [6.07, 6.45) is 1.58. The molecule has 0 fully saturated rings. The molecule has 0 bridgehead atoms. The summed E-state index contributed by atoms with van der Waals surface area (Å²) in [6.45, 7) is 1.55. The molecule has 0 atom stereocenters. The number of hydrogen-bond donors (Lipinski definition) is 3. The second-order valence-electron chi connectivity index (χ2n) is 6.58. The smallest absolute Gasteiger partial charge is 0.269 e. The molecule has 0 aromatic heterocycles. The maximum atomic E-state index is 12.4. The van der Waals surface area contributed by atoms with E-state index < -0.39 is 5.91 Å². The van der Waals surface area contributed by atoms with Crippen LogP contribution in [0, 0.1) is 0 Å². The van der Waals surface area contributed by atoms with Gasteiger partial charge in [0.2, 0.25) is 0 Å². The van der Waals surface area contributed by atoms with E-state index >= 15 is 0 Å². The molecule has 2 aromatic rings. The number of rotatable bonds is 11. The van der Waals surface area contributed by atoms with E-state index in [9.17, 15) is 10.0 Å². The van der Waals surface area contributed by atoms with Gasteiger partial charge in [-0.05, 0) is 103 Å². The SMILES string of the molecule is COc1c(Br)cc(C/C(=N/O)C(=O)NCCc2ccc(OCCCN)c(Br)c2)cc1Br. The molecule has 0 aliphatic carbocycles. The van der Waals surface area contributed by atoms with Gasteiger partial charge >= 0.3 is 0 Å². The summed E-state index contributed by atoms with van der Waals surface area (Å²) in [7, 11) is 1.57. The molecule has 1 amide bonds. The predicted molar refractivity (Wildman–Crippen MR) is 131 cm³/mol. The Balaban J connectivity index is 1.90. The second-order valence-corrected chi connectivity index (χ2v) is 9.14. The maximum absolute atomic E-state index is 12.4. The Morgan fingerprint density at radius 2 is 1.81 bits per heavy atom. The number of methoxy groups -OCH3 is 1. The van der Waals surface area contributed by atoms with Crippen molar-refractivity contribution in [2.24, 2.45) is 10.9 Å². The van der Waals surface area contributed by atoms with Gasteiger partial charge in [0.15, 0.2) is 0 Å². The van der Waals surface area contributed by atoms with Crippen molar-refractivity contribution in [2.45, 2.75) is 19.3 Å². The minimum Gasteiger partial charge on any atom is -0.494 e. The van der Waals surface area contributed by atoms with Crippen LogP contribution in [0.4, 0.5) is 0 Å². The first-order chi connectivity index (χ1) is 14.9. The van der Waals surface area contributed by atoms with Gasteiger partial charge in [0.1, 0.15) is 17.2 Å². The molecule has 0 saturated carbocycles. The van der Waals surface area contributed by atoms with Crippen molar-refractivity contribution in [1.29, 1.82) is 0 Å². The van der Waals surface area contributed by atoms with Crippen LogP contribution in [-0.2, 0) is 17.6 Å². The first-order valence-corrected chi connectivity index (χ1v) is 11.9. The third kappa shape index (κ3) is 7.78. The zero-order valence-corrected chi connectivity index (χ0v) is 21.7. The number of carbonyl (C=O) groups is 1. The highest BCUT2D eigenvalue weighted by atomic mass is 79.9. The van der Waals surface area contributed by atoms with Crippen LogP contribution in [0.5, 0.6) is 11.5 Å². The topological polar surface area (TPSA) is 106 Å². The fourth-order valence-corrected chi connectivity index (χ4v) is 4.91. The quantitative estimate of drug-likeness (QED) is 0.149. The Kier molecular flexibility index (Phi) is 10.8. The summed E-state index contributed by atoms with van der Waals surface area (Å²) < 4.78 is 13.2. The molecule has 0 unspecified atom stereocenters. The molecule has 0 radical (unpaired) electrons. The van der Waals surface area contributed by atoms with E-state index in [0.29, 0.717) is 31.9 Å². The van der Waals surface area contributed by atoms with E-state index in [0.717, 1.165) is 36.7 Å². The summed E-state index contributed by atoms with van der Waals surface area (Å²) in [5.41, 5.74) is 7.32. The van der Waals surface area contributed by atoms with Crippen molar-refractivity contribution in [2.75, 3.05) is 26.8 Å². The van der Waals surface area contributed by atoms with Crippen LogP contribution < -0.4 is 20.5 Å².